The lowest BCUT2D eigenvalue weighted by atomic mass is 9.86. The molecule has 0 heterocycles. The lowest BCUT2D eigenvalue weighted by Crippen LogP contribution is -2.58. The van der Waals surface area contributed by atoms with Gasteiger partial charge >= 0.3 is 5.97 Å². The van der Waals surface area contributed by atoms with Gasteiger partial charge in [-0.25, -0.2) is 4.79 Å². The van der Waals surface area contributed by atoms with Gasteiger partial charge in [0.25, 0.3) is 0 Å². The lowest BCUT2D eigenvalue weighted by molar-refractivity contribution is -0.121. The fraction of sp³-hybridized carbons (Fsp3) is 0.343. The minimum atomic E-state index is -0.995. The predicted molar refractivity (Wildman–Crippen MR) is 172 cm³/mol. The lowest BCUT2D eigenvalue weighted by Gasteiger charge is -2.39. The van der Waals surface area contributed by atoms with Gasteiger partial charge in [0.15, 0.2) is 0 Å². The summed E-state index contributed by atoms with van der Waals surface area (Å²) in [5.41, 5.74) is 2.66. The van der Waals surface area contributed by atoms with E-state index in [1.807, 2.05) is 24.3 Å². The zero-order valence-corrected chi connectivity index (χ0v) is 26.2. The van der Waals surface area contributed by atoms with Crippen molar-refractivity contribution in [1.29, 1.82) is 0 Å². The van der Waals surface area contributed by atoms with Crippen molar-refractivity contribution >= 4 is 29.5 Å². The van der Waals surface area contributed by atoms with Crippen LogP contribution in [0.4, 0.5) is 0 Å². The first-order valence-corrected chi connectivity index (χ1v) is 15.9. The third-order valence-electron chi connectivity index (χ3n) is 7.64. The Balaban J connectivity index is 1.48. The van der Waals surface area contributed by atoms with Gasteiger partial charge in [0.05, 0.1) is 23.8 Å². The second-order valence-corrected chi connectivity index (χ2v) is 12.0. The highest BCUT2D eigenvalue weighted by atomic mass is 32.2. The fourth-order valence-electron chi connectivity index (χ4n) is 5.19. The predicted octanol–water partition coefficient (Wildman–Crippen LogP) is 5.72. The number of carbonyl (C=O) groups excluding carboxylic acids is 2. The van der Waals surface area contributed by atoms with Crippen LogP contribution in [0.2, 0.25) is 0 Å². The van der Waals surface area contributed by atoms with Crippen molar-refractivity contribution < 1.29 is 24.2 Å². The van der Waals surface area contributed by atoms with Crippen LogP contribution >= 0.6 is 11.8 Å². The summed E-state index contributed by atoms with van der Waals surface area (Å²) >= 11 is 1.71. The van der Waals surface area contributed by atoms with Gasteiger partial charge in [0.1, 0.15) is 0 Å². The maximum absolute atomic E-state index is 13.4. The number of aromatic carboxylic acids is 1. The molecular weight excluding hydrogens is 574 g/mol. The smallest absolute Gasteiger partial charge is 0.335 e. The van der Waals surface area contributed by atoms with E-state index in [1.165, 1.54) is 24.0 Å². The third kappa shape index (κ3) is 9.54. The molecule has 3 aromatic rings. The van der Waals surface area contributed by atoms with E-state index in [0.29, 0.717) is 18.5 Å². The first-order chi connectivity index (χ1) is 21.2. The molecule has 4 N–H and O–H groups in total. The summed E-state index contributed by atoms with van der Waals surface area (Å²) in [7, 11) is 0. The van der Waals surface area contributed by atoms with E-state index in [9.17, 15) is 14.4 Å². The Labute approximate surface area is 263 Å². The highest BCUT2D eigenvalue weighted by Crippen LogP contribution is 2.28. The fourth-order valence-corrected chi connectivity index (χ4v) is 6.02. The molecule has 4 rings (SSSR count). The molecule has 44 heavy (non-hydrogen) atoms. The molecule has 3 atom stereocenters. The monoisotopic (exact) mass is 615 g/mol. The maximum Gasteiger partial charge on any atom is 0.335 e. The second kappa shape index (κ2) is 16.2. The van der Waals surface area contributed by atoms with Gasteiger partial charge in [0.2, 0.25) is 11.8 Å². The van der Waals surface area contributed by atoms with E-state index < -0.39 is 12.1 Å². The molecule has 0 bridgehead atoms. The van der Waals surface area contributed by atoms with Gasteiger partial charge in [-0.1, -0.05) is 68.1 Å². The van der Waals surface area contributed by atoms with Crippen LogP contribution in [0.5, 0.6) is 0 Å². The Morgan fingerprint density at radius 3 is 2.11 bits per heavy atom. The first-order valence-electron chi connectivity index (χ1n) is 15.0. The Morgan fingerprint density at radius 2 is 1.50 bits per heavy atom. The van der Waals surface area contributed by atoms with Crippen LogP contribution < -0.4 is 16.0 Å². The molecule has 1 aliphatic carbocycles. The second-order valence-electron chi connectivity index (χ2n) is 10.9. The third-order valence-corrected chi connectivity index (χ3v) is 8.65. The van der Waals surface area contributed by atoms with Gasteiger partial charge in [-0.3, -0.25) is 9.59 Å². The molecular formula is C35H41N3O5S. The van der Waals surface area contributed by atoms with Crippen LogP contribution in [0.25, 0.3) is 0 Å². The summed E-state index contributed by atoms with van der Waals surface area (Å²) < 4.78 is 6.47. The van der Waals surface area contributed by atoms with Crippen molar-refractivity contribution in [2.24, 2.45) is 0 Å². The van der Waals surface area contributed by atoms with Crippen LogP contribution in [0.3, 0.4) is 0 Å². The largest absolute Gasteiger partial charge is 0.478 e. The molecule has 3 aromatic carbocycles. The van der Waals surface area contributed by atoms with E-state index in [-0.39, 0.29) is 42.1 Å². The summed E-state index contributed by atoms with van der Waals surface area (Å²) in [6.45, 7) is 6.43. The van der Waals surface area contributed by atoms with Crippen LogP contribution in [-0.2, 0) is 27.4 Å². The number of amides is 2. The number of carboxylic acids is 1. The van der Waals surface area contributed by atoms with Gasteiger partial charge in [0, 0.05) is 41.4 Å². The number of benzene rings is 3. The number of nitrogens with one attached hydrogen (secondary N) is 3. The van der Waals surface area contributed by atoms with E-state index in [0.717, 1.165) is 28.9 Å². The SMILES string of the molecule is CCC(CC)O[C@@H]1C=C(C(=O)NCc2ccc(C(=O)O)cc2)C[C@H](NCc2ccc(Sc3ccccc3)cc2)[C@H]1NC(C)=O. The van der Waals surface area contributed by atoms with Crippen LogP contribution in [-0.4, -0.2) is 47.2 Å². The Morgan fingerprint density at radius 1 is 0.886 bits per heavy atom. The van der Waals surface area contributed by atoms with Crippen molar-refractivity contribution in [1.82, 2.24) is 16.0 Å². The molecule has 0 unspecified atom stereocenters. The first kappa shape index (κ1) is 33.0. The van der Waals surface area contributed by atoms with E-state index in [4.69, 9.17) is 9.84 Å². The summed E-state index contributed by atoms with van der Waals surface area (Å²) in [5, 5.41) is 18.8. The van der Waals surface area contributed by atoms with Crippen molar-refractivity contribution in [2.45, 2.75) is 87.2 Å². The van der Waals surface area contributed by atoms with Crippen LogP contribution in [0, 0.1) is 0 Å². The van der Waals surface area contributed by atoms with Gasteiger partial charge in [-0.15, -0.1) is 0 Å². The van der Waals surface area contributed by atoms with Crippen LogP contribution in [0.1, 0.15) is 61.5 Å². The van der Waals surface area contributed by atoms with Crippen molar-refractivity contribution in [2.75, 3.05) is 0 Å². The standard InChI is InChI=1S/C35H41N3O5S/c1-4-28(5-2)43-32-20-27(34(40)37-22-24-11-15-26(16-12-24)35(41)42)19-31(33(32)38-23(3)39)36-21-25-13-17-30(18-14-25)44-29-9-7-6-8-10-29/h6-18,20,28,31-33,36H,4-5,19,21-22H2,1-3H3,(H,37,40)(H,38,39)(H,41,42)/t31-,32+,33+/m0/s1. The zero-order valence-electron chi connectivity index (χ0n) is 25.4. The van der Waals surface area contributed by atoms with Gasteiger partial charge in [-0.2, -0.15) is 0 Å². The summed E-state index contributed by atoms with van der Waals surface area (Å²) in [4.78, 5) is 39.2. The number of ether oxygens (including phenoxy) is 1. The van der Waals surface area contributed by atoms with Gasteiger partial charge < -0.3 is 25.8 Å². The molecule has 0 spiro atoms. The highest BCUT2D eigenvalue weighted by Gasteiger charge is 2.37. The summed E-state index contributed by atoms with van der Waals surface area (Å²) in [5.74, 6) is -1.38. The average Bonchev–Trinajstić information content (AvgIpc) is 3.03. The van der Waals surface area contributed by atoms with E-state index in [1.54, 1.807) is 23.9 Å². The number of hydrogen-bond acceptors (Lipinski definition) is 6. The zero-order chi connectivity index (χ0) is 31.5. The number of rotatable bonds is 14. The number of carboxylic acid groups (broad SMARTS) is 1. The Bertz CT molecular complexity index is 1420. The molecule has 0 aromatic heterocycles. The minimum Gasteiger partial charge on any atom is -0.478 e. The molecule has 0 fully saturated rings. The van der Waals surface area contributed by atoms with Crippen molar-refractivity contribution in [3.63, 3.8) is 0 Å². The molecule has 0 radical (unpaired) electrons. The summed E-state index contributed by atoms with van der Waals surface area (Å²) in [6, 6.07) is 24.4. The minimum absolute atomic E-state index is 0.0158. The number of carbonyl (C=O) groups is 3. The molecule has 0 saturated heterocycles. The molecule has 9 heteroatoms. The van der Waals surface area contributed by atoms with E-state index >= 15 is 0 Å². The number of hydrogen-bond donors (Lipinski definition) is 4. The molecule has 8 nitrogen and oxygen atoms in total. The summed E-state index contributed by atoms with van der Waals surface area (Å²) in [6.07, 6.45) is 3.36. The molecule has 2 amide bonds. The maximum atomic E-state index is 13.4. The molecule has 0 saturated carbocycles. The van der Waals surface area contributed by atoms with Crippen molar-refractivity contribution in [3.05, 3.63) is 107 Å². The molecule has 0 aliphatic heterocycles. The highest BCUT2D eigenvalue weighted by molar-refractivity contribution is 7.99. The average molecular weight is 616 g/mol. The van der Waals surface area contributed by atoms with E-state index in [2.05, 4.69) is 66.2 Å². The van der Waals surface area contributed by atoms with Crippen molar-refractivity contribution in [3.8, 4) is 0 Å². The Kier molecular flexibility index (Phi) is 12.2. The quantitative estimate of drug-likeness (QED) is 0.183. The molecule has 232 valence electrons. The topological polar surface area (TPSA) is 117 Å². The van der Waals surface area contributed by atoms with Gasteiger partial charge in [-0.05, 0) is 72.9 Å². The molecule has 1 aliphatic rings. The van der Waals surface area contributed by atoms with Crippen LogP contribution in [0.15, 0.2) is 100 Å². The normalized spacial score (nSPS) is 18.0. The Hall–Kier alpha value is -3.92.